The second-order valence-electron chi connectivity index (χ2n) is 6.67. The summed E-state index contributed by atoms with van der Waals surface area (Å²) in [6, 6.07) is 17.4. The van der Waals surface area contributed by atoms with Crippen LogP contribution in [0.4, 0.5) is 5.69 Å². The zero-order chi connectivity index (χ0) is 17.4. The van der Waals surface area contributed by atoms with E-state index in [0.29, 0.717) is 12.2 Å². The summed E-state index contributed by atoms with van der Waals surface area (Å²) in [7, 11) is 0. The highest BCUT2D eigenvalue weighted by Crippen LogP contribution is 2.47. The van der Waals surface area contributed by atoms with Gasteiger partial charge in [-0.1, -0.05) is 48.5 Å². The summed E-state index contributed by atoms with van der Waals surface area (Å²) in [4.78, 5) is 26.7. The minimum atomic E-state index is -0.395. The number of fused-ring (bicyclic) bond motifs is 1. The lowest BCUT2D eigenvalue weighted by molar-refractivity contribution is -0.135. The SMILES string of the molecule is C[C@@]12CCC(=O)N1[C@H](C(=O)Nc1ccccc1-c1ccccc1)CS2. The maximum Gasteiger partial charge on any atom is 0.248 e. The normalized spacial score (nSPS) is 25.1. The Bertz CT molecular complexity index is 823. The van der Waals surface area contributed by atoms with E-state index in [4.69, 9.17) is 0 Å². The van der Waals surface area contributed by atoms with Gasteiger partial charge in [0.25, 0.3) is 0 Å². The van der Waals surface area contributed by atoms with Gasteiger partial charge in [-0.3, -0.25) is 9.59 Å². The van der Waals surface area contributed by atoms with Crippen molar-refractivity contribution in [2.75, 3.05) is 11.1 Å². The number of carbonyl (C=O) groups excluding carboxylic acids is 2. The van der Waals surface area contributed by atoms with Crippen molar-refractivity contribution in [1.82, 2.24) is 4.90 Å². The van der Waals surface area contributed by atoms with E-state index in [-0.39, 0.29) is 16.7 Å². The number of thioether (sulfide) groups is 1. The molecule has 1 N–H and O–H groups in total. The van der Waals surface area contributed by atoms with Gasteiger partial charge < -0.3 is 10.2 Å². The van der Waals surface area contributed by atoms with E-state index < -0.39 is 6.04 Å². The van der Waals surface area contributed by atoms with Gasteiger partial charge in [-0.05, 0) is 25.0 Å². The Morgan fingerprint density at radius 1 is 1.16 bits per heavy atom. The molecule has 0 saturated carbocycles. The smallest absolute Gasteiger partial charge is 0.248 e. The number of amides is 2. The maximum atomic E-state index is 12.9. The van der Waals surface area contributed by atoms with Gasteiger partial charge in [-0.15, -0.1) is 11.8 Å². The Labute approximate surface area is 151 Å². The highest BCUT2D eigenvalue weighted by molar-refractivity contribution is 8.01. The molecule has 2 aromatic carbocycles. The van der Waals surface area contributed by atoms with Crippen LogP contribution in [0.25, 0.3) is 11.1 Å². The van der Waals surface area contributed by atoms with Crippen LogP contribution in [0.2, 0.25) is 0 Å². The molecule has 0 aliphatic carbocycles. The van der Waals surface area contributed by atoms with Crippen LogP contribution in [0.1, 0.15) is 19.8 Å². The first-order valence-corrected chi connectivity index (χ1v) is 9.48. The average molecular weight is 352 g/mol. The molecule has 2 atom stereocenters. The molecule has 2 aromatic rings. The number of carbonyl (C=O) groups is 2. The summed E-state index contributed by atoms with van der Waals surface area (Å²) in [5, 5.41) is 3.06. The molecule has 2 aliphatic heterocycles. The summed E-state index contributed by atoms with van der Waals surface area (Å²) in [5.41, 5.74) is 2.82. The molecule has 2 heterocycles. The topological polar surface area (TPSA) is 49.4 Å². The lowest BCUT2D eigenvalue weighted by Gasteiger charge is -2.30. The third-order valence-corrected chi connectivity index (χ3v) is 6.52. The first-order valence-electron chi connectivity index (χ1n) is 8.50. The van der Waals surface area contributed by atoms with Gasteiger partial charge in [-0.2, -0.15) is 0 Å². The molecule has 25 heavy (non-hydrogen) atoms. The van der Waals surface area contributed by atoms with E-state index in [0.717, 1.165) is 23.2 Å². The molecular weight excluding hydrogens is 332 g/mol. The Hall–Kier alpha value is -2.27. The molecule has 4 rings (SSSR count). The van der Waals surface area contributed by atoms with Gasteiger partial charge >= 0.3 is 0 Å². The quantitative estimate of drug-likeness (QED) is 0.915. The third kappa shape index (κ3) is 2.82. The van der Waals surface area contributed by atoms with Crippen molar-refractivity contribution in [1.29, 1.82) is 0 Å². The summed E-state index contributed by atoms with van der Waals surface area (Å²) in [6.07, 6.45) is 1.36. The molecule has 2 aliphatic rings. The number of nitrogens with zero attached hydrogens (tertiary/aromatic N) is 1. The van der Waals surface area contributed by atoms with Crippen LogP contribution in [0.3, 0.4) is 0 Å². The largest absolute Gasteiger partial charge is 0.324 e. The van der Waals surface area contributed by atoms with Crippen molar-refractivity contribution in [2.24, 2.45) is 0 Å². The van der Waals surface area contributed by atoms with Crippen LogP contribution < -0.4 is 5.32 Å². The molecule has 128 valence electrons. The van der Waals surface area contributed by atoms with Gasteiger partial charge in [0.15, 0.2) is 0 Å². The summed E-state index contributed by atoms with van der Waals surface area (Å²) in [5.74, 6) is 0.639. The number of anilines is 1. The first kappa shape index (κ1) is 16.2. The van der Waals surface area contributed by atoms with Crippen molar-refractivity contribution < 1.29 is 9.59 Å². The first-order chi connectivity index (χ1) is 12.1. The number of rotatable bonds is 3. The fourth-order valence-electron chi connectivity index (χ4n) is 3.69. The molecule has 5 heteroatoms. The molecule has 0 bridgehead atoms. The van der Waals surface area contributed by atoms with Crippen LogP contribution in [0, 0.1) is 0 Å². The van der Waals surface area contributed by atoms with Crippen molar-refractivity contribution in [3.8, 4) is 11.1 Å². The summed E-state index contributed by atoms with van der Waals surface area (Å²) in [6.45, 7) is 2.06. The number of nitrogens with one attached hydrogen (secondary N) is 1. The van der Waals surface area contributed by atoms with E-state index in [1.54, 1.807) is 16.7 Å². The molecular formula is C20H20N2O2S. The van der Waals surface area contributed by atoms with Gasteiger partial charge in [0.2, 0.25) is 11.8 Å². The number of para-hydroxylation sites is 1. The van der Waals surface area contributed by atoms with Crippen molar-refractivity contribution in [2.45, 2.75) is 30.7 Å². The predicted octanol–water partition coefficient (Wildman–Crippen LogP) is 3.75. The Balaban J connectivity index is 1.59. The van der Waals surface area contributed by atoms with Crippen LogP contribution >= 0.6 is 11.8 Å². The molecule has 0 spiro atoms. The van der Waals surface area contributed by atoms with Gasteiger partial charge in [0, 0.05) is 23.4 Å². The standard InChI is InChI=1S/C20H20N2O2S/c1-20-12-11-18(23)22(20)17(13-25-20)19(24)21-16-10-6-5-9-15(16)14-7-3-2-4-8-14/h2-10,17H,11-13H2,1H3,(H,21,24)/t17-,20+/m0/s1. The number of hydrogen-bond donors (Lipinski definition) is 1. The van der Waals surface area contributed by atoms with Crippen LogP contribution in [0.5, 0.6) is 0 Å². The van der Waals surface area contributed by atoms with E-state index >= 15 is 0 Å². The zero-order valence-corrected chi connectivity index (χ0v) is 14.9. The van der Waals surface area contributed by atoms with E-state index in [2.05, 4.69) is 12.2 Å². The maximum absolute atomic E-state index is 12.9. The third-order valence-electron chi connectivity index (χ3n) is 5.02. The van der Waals surface area contributed by atoms with Gasteiger partial charge in [-0.25, -0.2) is 0 Å². The molecule has 2 amide bonds. The van der Waals surface area contributed by atoms with E-state index in [9.17, 15) is 9.59 Å². The van der Waals surface area contributed by atoms with Gasteiger partial charge in [0.1, 0.15) is 6.04 Å². The van der Waals surface area contributed by atoms with Crippen molar-refractivity contribution in [3.05, 3.63) is 54.6 Å². The van der Waals surface area contributed by atoms with E-state index in [1.807, 2.05) is 54.6 Å². The molecule has 0 radical (unpaired) electrons. The van der Waals surface area contributed by atoms with E-state index in [1.165, 1.54) is 0 Å². The Kier molecular flexibility index (Phi) is 4.04. The summed E-state index contributed by atoms with van der Waals surface area (Å²) >= 11 is 1.71. The number of benzene rings is 2. The second kappa shape index (κ2) is 6.23. The van der Waals surface area contributed by atoms with Crippen LogP contribution in [-0.2, 0) is 9.59 Å². The molecule has 2 saturated heterocycles. The van der Waals surface area contributed by atoms with Gasteiger partial charge in [0.05, 0.1) is 4.87 Å². The monoisotopic (exact) mass is 352 g/mol. The fourth-order valence-corrected chi connectivity index (χ4v) is 5.12. The predicted molar refractivity (Wildman–Crippen MR) is 101 cm³/mol. The highest BCUT2D eigenvalue weighted by Gasteiger charge is 2.52. The molecule has 0 unspecified atom stereocenters. The van der Waals surface area contributed by atoms with Crippen LogP contribution in [0.15, 0.2) is 54.6 Å². The van der Waals surface area contributed by atoms with Crippen LogP contribution in [-0.4, -0.2) is 33.4 Å². The lowest BCUT2D eigenvalue weighted by Crippen LogP contribution is -2.48. The fraction of sp³-hybridized carbons (Fsp3) is 0.300. The second-order valence-corrected chi connectivity index (χ2v) is 8.17. The summed E-state index contributed by atoms with van der Waals surface area (Å²) < 4.78 is 0. The molecule has 4 nitrogen and oxygen atoms in total. The van der Waals surface area contributed by atoms with Crippen molar-refractivity contribution >= 4 is 29.3 Å². The Morgan fingerprint density at radius 3 is 2.68 bits per heavy atom. The highest BCUT2D eigenvalue weighted by atomic mass is 32.2. The average Bonchev–Trinajstić information content (AvgIpc) is 3.12. The number of hydrogen-bond acceptors (Lipinski definition) is 3. The zero-order valence-electron chi connectivity index (χ0n) is 14.1. The molecule has 0 aromatic heterocycles. The molecule has 2 fully saturated rings. The Morgan fingerprint density at radius 2 is 1.88 bits per heavy atom. The lowest BCUT2D eigenvalue weighted by atomic mass is 10.0. The minimum Gasteiger partial charge on any atom is -0.324 e. The minimum absolute atomic E-state index is 0.0870. The van der Waals surface area contributed by atoms with Crippen molar-refractivity contribution in [3.63, 3.8) is 0 Å².